The number of sulfonamides is 1. The smallest absolute Gasteiger partial charge is 0.316 e. The Hall–Kier alpha value is -3.31. The van der Waals surface area contributed by atoms with Gasteiger partial charge < -0.3 is 9.64 Å². The third-order valence-corrected chi connectivity index (χ3v) is 8.95. The van der Waals surface area contributed by atoms with Crippen molar-refractivity contribution in [2.24, 2.45) is 5.92 Å². The molecule has 1 aliphatic heterocycles. The van der Waals surface area contributed by atoms with Crippen LogP contribution in [0.4, 0.5) is 14.5 Å². The highest BCUT2D eigenvalue weighted by atomic mass is 32.2. The largest absolute Gasteiger partial charge is 0.483 e. The minimum atomic E-state index is -3.51. The predicted octanol–water partition coefficient (Wildman–Crippen LogP) is 3.73. The summed E-state index contributed by atoms with van der Waals surface area (Å²) in [5, 5.41) is 4.20. The lowest BCUT2D eigenvalue weighted by molar-refractivity contribution is 0.201. The Morgan fingerprint density at radius 3 is 2.32 bits per heavy atom. The Kier molecular flexibility index (Phi) is 7.49. The minimum Gasteiger partial charge on any atom is -0.483 e. The number of aromatic nitrogens is 2. The highest BCUT2D eigenvalue weighted by Gasteiger charge is 2.31. The van der Waals surface area contributed by atoms with Crippen LogP contribution in [0.25, 0.3) is 5.69 Å². The molecule has 2 atom stereocenters. The van der Waals surface area contributed by atoms with E-state index < -0.39 is 27.2 Å². The molecule has 2 aromatic carbocycles. The summed E-state index contributed by atoms with van der Waals surface area (Å²) in [5.74, 6) is -1.20. The molecule has 2 heterocycles. The van der Waals surface area contributed by atoms with E-state index >= 15 is 0 Å². The Morgan fingerprint density at radius 2 is 1.68 bits per heavy atom. The minimum absolute atomic E-state index is 0.0412. The number of hydrogen-bond donors (Lipinski definition) is 0. The van der Waals surface area contributed by atoms with Crippen LogP contribution < -0.4 is 15.2 Å². The first-order chi connectivity index (χ1) is 18.2. The fourth-order valence-corrected chi connectivity index (χ4v) is 6.64. The van der Waals surface area contributed by atoms with Gasteiger partial charge in [0.25, 0.3) is 0 Å². The number of nitrogens with zero attached hydrogens (tertiary/aromatic N) is 4. The van der Waals surface area contributed by atoms with Crippen LogP contribution >= 0.6 is 0 Å². The van der Waals surface area contributed by atoms with Gasteiger partial charge in [0.15, 0.2) is 0 Å². The molecule has 0 amide bonds. The molecule has 2 unspecified atom stereocenters. The van der Waals surface area contributed by atoms with Gasteiger partial charge in [0.1, 0.15) is 17.3 Å². The predicted molar refractivity (Wildman–Crippen MR) is 140 cm³/mol. The lowest BCUT2D eigenvalue weighted by Gasteiger charge is -2.36. The highest BCUT2D eigenvalue weighted by molar-refractivity contribution is 7.88. The maximum Gasteiger partial charge on any atom is 0.316 e. The van der Waals surface area contributed by atoms with Crippen LogP contribution in [0.3, 0.4) is 0 Å². The zero-order chi connectivity index (χ0) is 26.9. The van der Waals surface area contributed by atoms with E-state index in [9.17, 15) is 22.0 Å². The van der Waals surface area contributed by atoms with E-state index in [0.29, 0.717) is 24.7 Å². The van der Waals surface area contributed by atoms with Crippen LogP contribution in [-0.4, -0.2) is 54.8 Å². The van der Waals surface area contributed by atoms with E-state index in [1.54, 1.807) is 12.1 Å². The molecule has 5 rings (SSSR count). The summed E-state index contributed by atoms with van der Waals surface area (Å²) >= 11 is 0. The number of halogens is 2. The third-order valence-electron chi connectivity index (χ3n) is 7.10. The number of piperazine rings is 1. The molecule has 202 valence electrons. The van der Waals surface area contributed by atoms with Crippen LogP contribution in [0.2, 0.25) is 0 Å². The van der Waals surface area contributed by atoms with Gasteiger partial charge in [-0.25, -0.2) is 17.2 Å². The molecule has 2 aliphatic rings. The van der Waals surface area contributed by atoms with Crippen LogP contribution in [0.5, 0.6) is 5.75 Å². The van der Waals surface area contributed by atoms with Crippen LogP contribution in [-0.2, 0) is 15.8 Å². The molecule has 0 radical (unpaired) electrons. The van der Waals surface area contributed by atoms with Crippen molar-refractivity contribution in [3.63, 3.8) is 0 Å². The molecule has 11 heteroatoms. The number of benzene rings is 2. The monoisotopic (exact) mass is 544 g/mol. The number of hydrogen-bond acceptors (Lipinski definition) is 6. The van der Waals surface area contributed by atoms with Crippen molar-refractivity contribution in [3.05, 3.63) is 82.3 Å². The number of rotatable bonds is 7. The molecule has 1 aromatic heterocycles. The fourth-order valence-electron chi connectivity index (χ4n) is 5.12. The van der Waals surface area contributed by atoms with Crippen molar-refractivity contribution in [3.8, 4) is 11.4 Å². The molecule has 1 saturated carbocycles. The lowest BCUT2D eigenvalue weighted by atomic mass is 10.1. The maximum absolute atomic E-state index is 13.9. The summed E-state index contributed by atoms with van der Waals surface area (Å²) in [6.45, 7) is 3.29. The molecule has 38 heavy (non-hydrogen) atoms. The highest BCUT2D eigenvalue weighted by Crippen LogP contribution is 2.32. The first-order valence-corrected chi connectivity index (χ1v) is 14.3. The molecule has 0 spiro atoms. The van der Waals surface area contributed by atoms with E-state index in [1.807, 2.05) is 23.1 Å². The van der Waals surface area contributed by atoms with Crippen molar-refractivity contribution in [2.45, 2.75) is 38.0 Å². The van der Waals surface area contributed by atoms with Gasteiger partial charge in [-0.05, 0) is 42.9 Å². The molecule has 0 bridgehead atoms. The summed E-state index contributed by atoms with van der Waals surface area (Å²) in [4.78, 5) is 15.4. The topological polar surface area (TPSA) is 84.7 Å². The average molecular weight is 545 g/mol. The average Bonchev–Trinajstić information content (AvgIpc) is 3.29. The summed E-state index contributed by atoms with van der Waals surface area (Å²) in [5.41, 5.74) is 0.507. The summed E-state index contributed by atoms with van der Waals surface area (Å²) in [6, 6.07) is 11.8. The molecule has 1 aliphatic carbocycles. The number of ether oxygens (including phenoxy) is 1. The first kappa shape index (κ1) is 26.3. The van der Waals surface area contributed by atoms with Crippen molar-refractivity contribution < 1.29 is 21.9 Å². The Labute approximate surface area is 220 Å². The van der Waals surface area contributed by atoms with Gasteiger partial charge in [-0.2, -0.15) is 14.1 Å². The summed E-state index contributed by atoms with van der Waals surface area (Å²) in [7, 11) is -3.51. The Balaban J connectivity index is 1.41. The summed E-state index contributed by atoms with van der Waals surface area (Å²) < 4.78 is 62.4. The lowest BCUT2D eigenvalue weighted by Crippen LogP contribution is -2.49. The molecular weight excluding hydrogens is 514 g/mol. The van der Waals surface area contributed by atoms with Gasteiger partial charge >= 0.3 is 5.56 Å². The van der Waals surface area contributed by atoms with Crippen LogP contribution in [0.1, 0.15) is 31.7 Å². The van der Waals surface area contributed by atoms with Gasteiger partial charge in [-0.15, -0.1) is 0 Å². The molecule has 8 nitrogen and oxygen atoms in total. The fraction of sp³-hybridized carbons (Fsp3) is 0.407. The third kappa shape index (κ3) is 5.73. The van der Waals surface area contributed by atoms with Crippen molar-refractivity contribution >= 4 is 15.7 Å². The van der Waals surface area contributed by atoms with Gasteiger partial charge in [-0.1, -0.05) is 37.3 Å². The number of anilines is 1. The Bertz CT molecular complexity index is 1440. The van der Waals surface area contributed by atoms with Crippen molar-refractivity contribution in [1.82, 2.24) is 14.1 Å². The van der Waals surface area contributed by atoms with Gasteiger partial charge in [-0.3, -0.25) is 4.79 Å². The van der Waals surface area contributed by atoms with Crippen LogP contribution in [0.15, 0.2) is 59.5 Å². The SMILES string of the molecule is CC1CCC(Oc2c(N3CCN(S(=O)(=O)Cc4ccccc4)CC3)cnn(-c3cc(F)cc(F)c3)c2=O)C1. The molecule has 1 saturated heterocycles. The van der Waals surface area contributed by atoms with E-state index in [0.717, 1.165) is 47.7 Å². The first-order valence-electron chi connectivity index (χ1n) is 12.7. The van der Waals surface area contributed by atoms with E-state index in [1.165, 1.54) is 10.5 Å². The summed E-state index contributed by atoms with van der Waals surface area (Å²) in [6.07, 6.45) is 3.85. The van der Waals surface area contributed by atoms with E-state index in [4.69, 9.17) is 4.74 Å². The zero-order valence-electron chi connectivity index (χ0n) is 21.1. The van der Waals surface area contributed by atoms with Gasteiger partial charge in [0.2, 0.25) is 15.8 Å². The normalized spacial score (nSPS) is 20.6. The second-order valence-electron chi connectivity index (χ2n) is 9.99. The zero-order valence-corrected chi connectivity index (χ0v) is 21.9. The Morgan fingerprint density at radius 1 is 1.00 bits per heavy atom. The quantitative estimate of drug-likeness (QED) is 0.451. The van der Waals surface area contributed by atoms with Crippen molar-refractivity contribution in [1.29, 1.82) is 0 Å². The maximum atomic E-state index is 13.9. The molecule has 3 aromatic rings. The molecular formula is C27H30F2N4O4S. The van der Waals surface area contributed by atoms with Gasteiger partial charge in [0, 0.05) is 32.2 Å². The second kappa shape index (κ2) is 10.8. The molecule has 2 fully saturated rings. The second-order valence-corrected chi connectivity index (χ2v) is 12.0. The standard InChI is InChI=1S/C27H30F2N4O4S/c1-19-7-8-24(13-19)37-26-25(17-30-33(27(26)34)23-15-21(28)14-22(29)16-23)31-9-11-32(12-10-31)38(35,36)18-20-5-3-2-4-6-20/h2-6,14-17,19,24H,7-13,18H2,1H3. The van der Waals surface area contributed by atoms with E-state index in [2.05, 4.69) is 12.0 Å². The van der Waals surface area contributed by atoms with Crippen molar-refractivity contribution in [2.75, 3.05) is 31.1 Å². The van der Waals surface area contributed by atoms with Gasteiger partial charge in [0.05, 0.1) is 23.7 Å². The molecule has 0 N–H and O–H groups in total. The van der Waals surface area contributed by atoms with E-state index in [-0.39, 0.29) is 36.4 Å². The van der Waals surface area contributed by atoms with Crippen LogP contribution in [0, 0.1) is 17.6 Å².